The molecule has 0 saturated heterocycles. The predicted molar refractivity (Wildman–Crippen MR) is 70.5 cm³/mol. The van der Waals surface area contributed by atoms with Crippen LogP contribution in [-0.2, 0) is 5.75 Å². The fourth-order valence-corrected chi connectivity index (χ4v) is 2.99. The van der Waals surface area contributed by atoms with Gasteiger partial charge in [-0.25, -0.2) is 15.7 Å². The Morgan fingerprint density at radius 1 is 1.61 bits per heavy atom. The molecule has 0 atom stereocenters. The van der Waals surface area contributed by atoms with Crippen LogP contribution in [0.25, 0.3) is 0 Å². The number of nitrogens with zero attached hydrogens (tertiary/aromatic N) is 4. The number of H-pyrrole nitrogens is 1. The monoisotopic (exact) mass is 287 g/mol. The minimum absolute atomic E-state index is 0.0550. The summed E-state index contributed by atoms with van der Waals surface area (Å²) in [5.74, 6) is 5.89. The minimum Gasteiger partial charge on any atom is -0.313 e. The van der Waals surface area contributed by atoms with Gasteiger partial charge in [0.2, 0.25) is 0 Å². The average molecular weight is 287 g/mol. The molecule has 0 bridgehead atoms. The summed E-state index contributed by atoms with van der Waals surface area (Å²) in [6.07, 6.45) is 0. The summed E-state index contributed by atoms with van der Waals surface area (Å²) in [4.78, 5) is 11.5. The molecule has 0 amide bonds. The number of rotatable bonds is 5. The molecule has 18 heavy (non-hydrogen) atoms. The molecule has 2 heterocycles. The largest absolute Gasteiger partial charge is 0.344 e. The summed E-state index contributed by atoms with van der Waals surface area (Å²) in [5.41, 5.74) is 3.08. The third-order valence-electron chi connectivity index (χ3n) is 2.21. The van der Waals surface area contributed by atoms with E-state index in [1.165, 1.54) is 23.3 Å². The van der Waals surface area contributed by atoms with Crippen molar-refractivity contribution in [3.63, 3.8) is 0 Å². The lowest BCUT2D eigenvalue weighted by atomic mass is 10.4. The number of hydrogen-bond acceptors (Lipinski definition) is 8. The first-order valence-corrected chi connectivity index (χ1v) is 6.97. The number of hydrazine groups is 1. The van der Waals surface area contributed by atoms with E-state index in [2.05, 4.69) is 25.2 Å². The van der Waals surface area contributed by atoms with Crippen molar-refractivity contribution in [3.8, 4) is 0 Å². The standard InChI is InChI=1S/C8H13N7OS2/c1-4(2)15-7(16)12-13-8(15)17-3-5-6(10-9)18-14-11-5/h4,10H,3,9H2,1-2H3,(H,12,16). The van der Waals surface area contributed by atoms with Gasteiger partial charge in [-0.3, -0.25) is 4.57 Å². The smallest absolute Gasteiger partial charge is 0.313 e. The first kappa shape index (κ1) is 13.1. The second-order valence-electron chi connectivity index (χ2n) is 3.76. The molecule has 0 fully saturated rings. The summed E-state index contributed by atoms with van der Waals surface area (Å²) in [5, 5.41) is 11.7. The SMILES string of the molecule is CC(C)n1c(SCc2nnsc2NN)n[nH]c1=O. The van der Waals surface area contributed by atoms with Crippen LogP contribution in [-0.4, -0.2) is 24.4 Å². The van der Waals surface area contributed by atoms with Crippen LogP contribution >= 0.6 is 23.3 Å². The van der Waals surface area contributed by atoms with E-state index in [-0.39, 0.29) is 11.7 Å². The Labute approximate surface area is 111 Å². The highest BCUT2D eigenvalue weighted by Gasteiger charge is 2.14. The lowest BCUT2D eigenvalue weighted by Gasteiger charge is -2.07. The number of nitrogen functional groups attached to an aromatic ring is 1. The summed E-state index contributed by atoms with van der Waals surface area (Å²) in [6, 6.07) is 0.0550. The first-order chi connectivity index (χ1) is 8.63. The van der Waals surface area contributed by atoms with Gasteiger partial charge in [-0.15, -0.1) is 10.2 Å². The lowest BCUT2D eigenvalue weighted by molar-refractivity contribution is 0.534. The van der Waals surface area contributed by atoms with E-state index in [0.29, 0.717) is 10.9 Å². The molecular formula is C8H13N7OS2. The van der Waals surface area contributed by atoms with Gasteiger partial charge >= 0.3 is 5.69 Å². The molecule has 0 aliphatic carbocycles. The van der Waals surface area contributed by atoms with Crippen molar-refractivity contribution in [2.45, 2.75) is 30.8 Å². The topological polar surface area (TPSA) is 115 Å². The van der Waals surface area contributed by atoms with E-state index in [1.54, 1.807) is 4.57 Å². The van der Waals surface area contributed by atoms with Crippen LogP contribution in [0.5, 0.6) is 0 Å². The molecule has 10 heteroatoms. The molecule has 2 aromatic heterocycles. The molecule has 2 aromatic rings. The molecule has 0 radical (unpaired) electrons. The van der Waals surface area contributed by atoms with Gasteiger partial charge in [0, 0.05) is 23.3 Å². The molecule has 0 aliphatic rings. The zero-order valence-corrected chi connectivity index (χ0v) is 11.5. The van der Waals surface area contributed by atoms with Crippen LogP contribution in [0.15, 0.2) is 9.95 Å². The maximum Gasteiger partial charge on any atom is 0.344 e. The highest BCUT2D eigenvalue weighted by molar-refractivity contribution is 7.98. The van der Waals surface area contributed by atoms with Crippen molar-refractivity contribution < 1.29 is 0 Å². The lowest BCUT2D eigenvalue weighted by Crippen LogP contribution is -2.19. The van der Waals surface area contributed by atoms with Crippen molar-refractivity contribution in [1.82, 2.24) is 24.4 Å². The van der Waals surface area contributed by atoms with Crippen LogP contribution < -0.4 is 17.0 Å². The Morgan fingerprint density at radius 3 is 3.06 bits per heavy atom. The van der Waals surface area contributed by atoms with Gasteiger partial charge in [-0.1, -0.05) is 16.3 Å². The molecule has 98 valence electrons. The number of anilines is 1. The van der Waals surface area contributed by atoms with E-state index in [1.807, 2.05) is 13.8 Å². The first-order valence-electron chi connectivity index (χ1n) is 5.21. The Hall–Kier alpha value is -1.39. The van der Waals surface area contributed by atoms with Crippen LogP contribution in [0.4, 0.5) is 5.00 Å². The van der Waals surface area contributed by atoms with Gasteiger partial charge in [-0.2, -0.15) is 0 Å². The third-order valence-corrected chi connectivity index (χ3v) is 3.88. The normalized spacial score (nSPS) is 11.1. The molecule has 0 aromatic carbocycles. The summed E-state index contributed by atoms with van der Waals surface area (Å²) in [6.45, 7) is 3.86. The Morgan fingerprint density at radius 2 is 2.39 bits per heavy atom. The molecule has 0 spiro atoms. The maximum absolute atomic E-state index is 11.5. The van der Waals surface area contributed by atoms with Gasteiger partial charge in [0.05, 0.1) is 0 Å². The van der Waals surface area contributed by atoms with Crippen molar-refractivity contribution in [2.75, 3.05) is 5.43 Å². The van der Waals surface area contributed by atoms with Gasteiger partial charge in [0.1, 0.15) is 10.7 Å². The molecule has 8 nitrogen and oxygen atoms in total. The molecule has 0 unspecified atom stereocenters. The second kappa shape index (κ2) is 5.50. The van der Waals surface area contributed by atoms with Crippen molar-refractivity contribution in [3.05, 3.63) is 16.2 Å². The van der Waals surface area contributed by atoms with E-state index < -0.39 is 0 Å². The van der Waals surface area contributed by atoms with E-state index in [9.17, 15) is 4.79 Å². The molecule has 4 N–H and O–H groups in total. The average Bonchev–Trinajstić information content (AvgIpc) is 2.92. The molecule has 0 saturated carbocycles. The van der Waals surface area contributed by atoms with Crippen molar-refractivity contribution >= 4 is 28.3 Å². The number of hydrogen-bond donors (Lipinski definition) is 3. The summed E-state index contributed by atoms with van der Waals surface area (Å²) >= 11 is 2.61. The van der Waals surface area contributed by atoms with Gasteiger partial charge in [0.25, 0.3) is 0 Å². The van der Waals surface area contributed by atoms with E-state index in [0.717, 1.165) is 10.7 Å². The zero-order valence-electron chi connectivity index (χ0n) is 9.88. The molecule has 0 aliphatic heterocycles. The second-order valence-corrected chi connectivity index (χ2v) is 5.45. The van der Waals surface area contributed by atoms with Crippen LogP contribution in [0.1, 0.15) is 25.6 Å². The Balaban J connectivity index is 2.14. The molecule has 2 rings (SSSR count). The molecular weight excluding hydrogens is 274 g/mol. The van der Waals surface area contributed by atoms with Gasteiger partial charge in [0.15, 0.2) is 5.16 Å². The number of aromatic amines is 1. The fraction of sp³-hybridized carbons (Fsp3) is 0.500. The predicted octanol–water partition coefficient (Wildman–Crippen LogP) is 0.582. The van der Waals surface area contributed by atoms with Crippen molar-refractivity contribution in [2.24, 2.45) is 5.84 Å². The van der Waals surface area contributed by atoms with E-state index in [4.69, 9.17) is 5.84 Å². The minimum atomic E-state index is -0.207. The highest BCUT2D eigenvalue weighted by Crippen LogP contribution is 2.25. The highest BCUT2D eigenvalue weighted by atomic mass is 32.2. The number of nitrogens with one attached hydrogen (secondary N) is 2. The summed E-state index contributed by atoms with van der Waals surface area (Å²) in [7, 11) is 0. The zero-order chi connectivity index (χ0) is 13.1. The third kappa shape index (κ3) is 2.54. The number of thioether (sulfide) groups is 1. The van der Waals surface area contributed by atoms with E-state index >= 15 is 0 Å². The van der Waals surface area contributed by atoms with Gasteiger partial charge < -0.3 is 5.43 Å². The van der Waals surface area contributed by atoms with Gasteiger partial charge in [-0.05, 0) is 13.8 Å². The van der Waals surface area contributed by atoms with Crippen LogP contribution in [0, 0.1) is 0 Å². The quantitative estimate of drug-likeness (QED) is 0.418. The maximum atomic E-state index is 11.5. The number of aromatic nitrogens is 5. The Kier molecular flexibility index (Phi) is 3.99. The summed E-state index contributed by atoms with van der Waals surface area (Å²) < 4.78 is 5.40. The number of nitrogens with two attached hydrogens (primary N) is 1. The van der Waals surface area contributed by atoms with Crippen LogP contribution in [0.2, 0.25) is 0 Å². The van der Waals surface area contributed by atoms with Crippen molar-refractivity contribution in [1.29, 1.82) is 0 Å². The Bertz CT molecular complexity index is 572. The fourth-order valence-electron chi connectivity index (χ4n) is 1.39. The van der Waals surface area contributed by atoms with Crippen LogP contribution in [0.3, 0.4) is 0 Å².